The molecule has 0 atom stereocenters. The first kappa shape index (κ1) is 10.5. The van der Waals surface area contributed by atoms with E-state index in [0.717, 1.165) is 30.2 Å². The van der Waals surface area contributed by atoms with Crippen molar-refractivity contribution < 1.29 is 0 Å². The highest BCUT2D eigenvalue weighted by atomic mass is 15.5. The molecule has 94 valence electrons. The van der Waals surface area contributed by atoms with E-state index in [0.29, 0.717) is 11.7 Å². The third-order valence-electron chi connectivity index (χ3n) is 5.44. The molecule has 0 N–H and O–H groups in total. The summed E-state index contributed by atoms with van der Waals surface area (Å²) in [5, 5.41) is 20.3. The minimum absolute atomic E-state index is 0.365. The number of tetrazole rings is 1. The molecule has 4 aliphatic rings. The maximum absolute atomic E-state index is 8.98. The molecule has 0 spiro atoms. The third-order valence-corrected chi connectivity index (χ3v) is 5.44. The average molecular weight is 243 g/mol. The second-order valence-electron chi connectivity index (χ2n) is 6.39. The Bertz CT molecular complexity index is 472. The van der Waals surface area contributed by atoms with Crippen molar-refractivity contribution in [3.8, 4) is 6.07 Å². The summed E-state index contributed by atoms with van der Waals surface area (Å²) in [6.07, 6.45) is 7.10. The second kappa shape index (κ2) is 3.78. The first-order valence-corrected chi connectivity index (χ1v) is 6.99. The summed E-state index contributed by atoms with van der Waals surface area (Å²) >= 11 is 0. The number of aromatic nitrogens is 4. The fourth-order valence-corrected chi connectivity index (χ4v) is 4.94. The van der Waals surface area contributed by atoms with E-state index >= 15 is 0 Å². The Morgan fingerprint density at radius 1 is 1.11 bits per heavy atom. The quantitative estimate of drug-likeness (QED) is 0.791. The number of rotatable bonds is 2. The van der Waals surface area contributed by atoms with Gasteiger partial charge in [-0.25, -0.2) is 4.68 Å². The molecule has 0 aliphatic heterocycles. The maximum atomic E-state index is 8.98. The smallest absolute Gasteiger partial charge is 0.217 e. The zero-order chi connectivity index (χ0) is 12.1. The maximum Gasteiger partial charge on any atom is 0.253 e. The van der Waals surface area contributed by atoms with Gasteiger partial charge in [0.1, 0.15) is 6.07 Å². The van der Waals surface area contributed by atoms with Crippen LogP contribution in [-0.4, -0.2) is 20.2 Å². The predicted molar refractivity (Wildman–Crippen MR) is 63.1 cm³/mol. The van der Waals surface area contributed by atoms with Crippen LogP contribution in [0, 0.1) is 40.9 Å². The lowest BCUT2D eigenvalue weighted by atomic mass is 9.52. The molecule has 0 radical (unpaired) electrons. The van der Waals surface area contributed by atoms with Gasteiger partial charge in [-0.3, -0.25) is 0 Å². The Balaban J connectivity index is 1.57. The number of nitrogens with zero attached hydrogens (tertiary/aromatic N) is 5. The zero-order valence-electron chi connectivity index (χ0n) is 10.4. The average Bonchev–Trinajstić information content (AvgIpc) is 2.80. The lowest BCUT2D eigenvalue weighted by molar-refractivity contribution is -0.0445. The SMILES string of the molecule is N#Cc1nnnn1CC1C2CC3CC(C2)CC1C3. The molecule has 4 aliphatic carbocycles. The molecule has 5 nitrogen and oxygen atoms in total. The highest BCUT2D eigenvalue weighted by Crippen LogP contribution is 2.56. The van der Waals surface area contributed by atoms with Gasteiger partial charge in [-0.2, -0.15) is 5.26 Å². The van der Waals surface area contributed by atoms with Crippen molar-refractivity contribution in [2.24, 2.45) is 29.6 Å². The van der Waals surface area contributed by atoms with Crippen LogP contribution in [0.25, 0.3) is 0 Å². The van der Waals surface area contributed by atoms with Gasteiger partial charge in [0.05, 0.1) is 0 Å². The van der Waals surface area contributed by atoms with Crippen LogP contribution in [0.15, 0.2) is 0 Å². The van der Waals surface area contributed by atoms with Crippen molar-refractivity contribution in [1.82, 2.24) is 20.2 Å². The number of hydrogen-bond donors (Lipinski definition) is 0. The van der Waals surface area contributed by atoms with Crippen molar-refractivity contribution in [3.05, 3.63) is 5.82 Å². The van der Waals surface area contributed by atoms with Crippen LogP contribution < -0.4 is 0 Å². The van der Waals surface area contributed by atoms with E-state index in [4.69, 9.17) is 5.26 Å². The van der Waals surface area contributed by atoms with Gasteiger partial charge in [0, 0.05) is 6.54 Å². The molecule has 5 heteroatoms. The van der Waals surface area contributed by atoms with Gasteiger partial charge in [-0.1, -0.05) is 5.10 Å². The molecule has 4 saturated carbocycles. The van der Waals surface area contributed by atoms with Crippen LogP contribution in [0.2, 0.25) is 0 Å². The van der Waals surface area contributed by atoms with Gasteiger partial charge < -0.3 is 0 Å². The molecule has 4 bridgehead atoms. The standard InChI is InChI=1S/C13H17N5/c14-6-13-15-16-17-18(13)7-12-10-2-8-1-9(4-10)5-11(12)3-8/h8-12H,1-5,7H2. The van der Waals surface area contributed by atoms with Crippen molar-refractivity contribution in [1.29, 1.82) is 5.26 Å². The monoisotopic (exact) mass is 243 g/mol. The summed E-state index contributed by atoms with van der Waals surface area (Å²) in [6.45, 7) is 0.852. The minimum atomic E-state index is 0.365. The van der Waals surface area contributed by atoms with Gasteiger partial charge in [0.25, 0.3) is 5.82 Å². The van der Waals surface area contributed by atoms with Crippen molar-refractivity contribution >= 4 is 0 Å². The molecule has 5 rings (SSSR count). The Hall–Kier alpha value is -1.44. The van der Waals surface area contributed by atoms with Crippen LogP contribution in [0.3, 0.4) is 0 Å². The summed E-state index contributed by atoms with van der Waals surface area (Å²) < 4.78 is 1.72. The van der Waals surface area contributed by atoms with Gasteiger partial charge in [0.15, 0.2) is 0 Å². The molecule has 0 aromatic carbocycles. The van der Waals surface area contributed by atoms with Crippen molar-refractivity contribution in [2.45, 2.75) is 38.6 Å². The third kappa shape index (κ3) is 1.48. The Morgan fingerprint density at radius 2 is 1.78 bits per heavy atom. The second-order valence-corrected chi connectivity index (χ2v) is 6.39. The highest BCUT2D eigenvalue weighted by molar-refractivity contribution is 5.06. The lowest BCUT2D eigenvalue weighted by Crippen LogP contribution is -2.46. The van der Waals surface area contributed by atoms with Gasteiger partial charge in [-0.15, -0.1) is 0 Å². The largest absolute Gasteiger partial charge is 0.253 e. The molecule has 0 saturated heterocycles. The fourth-order valence-electron chi connectivity index (χ4n) is 4.94. The molecule has 1 heterocycles. The van der Waals surface area contributed by atoms with Crippen LogP contribution >= 0.6 is 0 Å². The predicted octanol–water partition coefficient (Wildman–Crippen LogP) is 1.62. The first-order valence-electron chi connectivity index (χ1n) is 6.99. The van der Waals surface area contributed by atoms with E-state index in [9.17, 15) is 0 Å². The van der Waals surface area contributed by atoms with Crippen LogP contribution in [0.4, 0.5) is 0 Å². The Morgan fingerprint density at radius 3 is 2.39 bits per heavy atom. The molecule has 1 aromatic heterocycles. The molecule has 4 fully saturated rings. The van der Waals surface area contributed by atoms with E-state index in [1.165, 1.54) is 32.1 Å². The first-order chi connectivity index (χ1) is 8.83. The Labute approximate surface area is 106 Å². The fraction of sp³-hybridized carbons (Fsp3) is 0.846. The minimum Gasteiger partial charge on any atom is -0.217 e. The molecule has 0 amide bonds. The van der Waals surface area contributed by atoms with E-state index in [2.05, 4.69) is 21.6 Å². The van der Waals surface area contributed by atoms with Gasteiger partial charge in [-0.05, 0) is 72.1 Å². The summed E-state index contributed by atoms with van der Waals surface area (Å²) in [5.41, 5.74) is 0. The summed E-state index contributed by atoms with van der Waals surface area (Å²) in [6, 6.07) is 2.08. The molecule has 0 unspecified atom stereocenters. The normalized spacial score (nSPS) is 40.9. The van der Waals surface area contributed by atoms with Gasteiger partial charge >= 0.3 is 0 Å². The molecule has 18 heavy (non-hydrogen) atoms. The molecule has 1 aromatic rings. The van der Waals surface area contributed by atoms with Crippen LogP contribution in [0.5, 0.6) is 0 Å². The summed E-state index contributed by atoms with van der Waals surface area (Å²) in [7, 11) is 0. The summed E-state index contributed by atoms with van der Waals surface area (Å²) in [4.78, 5) is 0. The van der Waals surface area contributed by atoms with E-state index in [-0.39, 0.29) is 0 Å². The highest BCUT2D eigenvalue weighted by Gasteiger charge is 2.48. The van der Waals surface area contributed by atoms with E-state index in [1.54, 1.807) is 4.68 Å². The van der Waals surface area contributed by atoms with Crippen LogP contribution in [0.1, 0.15) is 37.9 Å². The van der Waals surface area contributed by atoms with Gasteiger partial charge in [0.2, 0.25) is 0 Å². The Kier molecular flexibility index (Phi) is 2.20. The van der Waals surface area contributed by atoms with E-state index in [1.807, 2.05) is 0 Å². The number of nitriles is 1. The molecular formula is C13H17N5. The van der Waals surface area contributed by atoms with Crippen LogP contribution in [-0.2, 0) is 6.54 Å². The van der Waals surface area contributed by atoms with Crippen molar-refractivity contribution in [2.75, 3.05) is 0 Å². The topological polar surface area (TPSA) is 67.4 Å². The zero-order valence-corrected chi connectivity index (χ0v) is 10.4. The summed E-state index contributed by atoms with van der Waals surface area (Å²) in [5.74, 6) is 4.77. The molecular weight excluding hydrogens is 226 g/mol. The van der Waals surface area contributed by atoms with E-state index < -0.39 is 0 Å². The lowest BCUT2D eigenvalue weighted by Gasteiger charge is -2.54. The number of hydrogen-bond acceptors (Lipinski definition) is 4. The van der Waals surface area contributed by atoms with Crippen molar-refractivity contribution in [3.63, 3.8) is 0 Å².